The number of benzene rings is 2. The summed E-state index contributed by atoms with van der Waals surface area (Å²) in [6, 6.07) is 9.73. The molecule has 1 spiro atoms. The molecule has 2 aliphatic heterocycles. The van der Waals surface area contributed by atoms with Gasteiger partial charge in [-0.2, -0.15) is 0 Å². The van der Waals surface area contributed by atoms with E-state index in [1.807, 2.05) is 12.1 Å². The molecular formula is C36H46ClN3O7S. The zero-order chi connectivity index (χ0) is 34.4. The smallest absolute Gasteiger partial charge is 0.411 e. The number of amides is 2. The zero-order valence-electron chi connectivity index (χ0n) is 28.3. The van der Waals surface area contributed by atoms with Gasteiger partial charge in [0.25, 0.3) is 15.9 Å². The molecule has 2 amide bonds. The van der Waals surface area contributed by atoms with E-state index >= 15 is 0 Å². The molecule has 2 aromatic carbocycles. The van der Waals surface area contributed by atoms with Crippen LogP contribution in [-0.2, 0) is 36.1 Å². The third-order valence-corrected chi connectivity index (χ3v) is 11.9. The van der Waals surface area contributed by atoms with Crippen LogP contribution in [0.1, 0.15) is 64.5 Å². The minimum atomic E-state index is -4.31. The van der Waals surface area contributed by atoms with Crippen LogP contribution in [0.3, 0.4) is 0 Å². The number of carbonyl (C=O) groups excluding carboxylic acids is 2. The van der Waals surface area contributed by atoms with Crippen molar-refractivity contribution in [2.24, 2.45) is 11.8 Å². The van der Waals surface area contributed by atoms with Crippen LogP contribution >= 0.6 is 11.6 Å². The monoisotopic (exact) mass is 699 g/mol. The summed E-state index contributed by atoms with van der Waals surface area (Å²) in [4.78, 5) is 30.2. The van der Waals surface area contributed by atoms with E-state index in [9.17, 15) is 18.0 Å². The number of methoxy groups -OCH3 is 1. The molecule has 0 radical (unpaired) electrons. The highest BCUT2D eigenvalue weighted by molar-refractivity contribution is 7.90. The number of aryl methyl sites for hydroxylation is 1. The normalized spacial score (nSPS) is 29.3. The van der Waals surface area contributed by atoms with Gasteiger partial charge in [-0.1, -0.05) is 29.8 Å². The molecule has 2 bridgehead atoms. The Hall–Kier alpha value is -3.28. The molecule has 0 unspecified atom stereocenters. The maximum atomic E-state index is 13.8. The van der Waals surface area contributed by atoms with Gasteiger partial charge in [-0.15, -0.1) is 0 Å². The van der Waals surface area contributed by atoms with Crippen molar-refractivity contribution in [3.05, 3.63) is 64.7 Å². The molecule has 0 saturated heterocycles. The average molecular weight is 700 g/mol. The van der Waals surface area contributed by atoms with Gasteiger partial charge in [0.05, 0.1) is 23.3 Å². The summed E-state index contributed by atoms with van der Waals surface area (Å²) in [7, 11) is -2.62. The first-order valence-electron chi connectivity index (χ1n) is 16.8. The summed E-state index contributed by atoms with van der Waals surface area (Å²) in [6.45, 7) is 8.50. The highest BCUT2D eigenvalue weighted by atomic mass is 35.5. The van der Waals surface area contributed by atoms with Crippen molar-refractivity contribution in [3.63, 3.8) is 0 Å². The molecule has 6 rings (SSSR count). The first-order chi connectivity index (χ1) is 22.7. The van der Waals surface area contributed by atoms with Crippen molar-refractivity contribution in [1.29, 1.82) is 0 Å². The molecule has 48 heavy (non-hydrogen) atoms. The van der Waals surface area contributed by atoms with Crippen LogP contribution in [-0.4, -0.2) is 76.4 Å². The molecule has 260 valence electrons. The van der Waals surface area contributed by atoms with Gasteiger partial charge in [0.2, 0.25) is 0 Å². The van der Waals surface area contributed by atoms with Crippen molar-refractivity contribution in [1.82, 2.24) is 9.62 Å². The van der Waals surface area contributed by atoms with E-state index in [0.717, 1.165) is 32.1 Å². The van der Waals surface area contributed by atoms with E-state index in [4.69, 9.17) is 25.8 Å². The zero-order valence-corrected chi connectivity index (χ0v) is 29.9. The molecule has 1 saturated carbocycles. The molecule has 0 aromatic heterocycles. The lowest BCUT2D eigenvalue weighted by molar-refractivity contribution is -0.123. The van der Waals surface area contributed by atoms with Crippen molar-refractivity contribution in [3.8, 4) is 5.75 Å². The van der Waals surface area contributed by atoms with Gasteiger partial charge < -0.3 is 19.1 Å². The molecule has 1 fully saturated rings. The van der Waals surface area contributed by atoms with Crippen LogP contribution in [0.5, 0.6) is 5.75 Å². The quantitative estimate of drug-likeness (QED) is 0.369. The number of rotatable bonds is 1. The van der Waals surface area contributed by atoms with E-state index in [2.05, 4.69) is 21.8 Å². The minimum absolute atomic E-state index is 0.0368. The maximum absolute atomic E-state index is 13.8. The van der Waals surface area contributed by atoms with Crippen molar-refractivity contribution in [2.45, 2.75) is 87.9 Å². The second kappa shape index (κ2) is 13.2. The second-order valence-electron chi connectivity index (χ2n) is 14.6. The third-order valence-electron chi connectivity index (χ3n) is 10.3. The largest absolute Gasteiger partial charge is 0.490 e. The number of carbonyl (C=O) groups is 2. The van der Waals surface area contributed by atoms with Crippen LogP contribution < -0.4 is 14.4 Å². The Kier molecular flexibility index (Phi) is 9.52. The number of nitrogens with zero attached hydrogens (tertiary/aromatic N) is 2. The minimum Gasteiger partial charge on any atom is -0.490 e. The number of hydrogen-bond donors (Lipinski definition) is 1. The first-order valence-corrected chi connectivity index (χ1v) is 18.6. The van der Waals surface area contributed by atoms with Gasteiger partial charge >= 0.3 is 6.09 Å². The van der Waals surface area contributed by atoms with Crippen molar-refractivity contribution < 1.29 is 32.2 Å². The number of fused-ring (bicyclic) bond motifs is 4. The Morgan fingerprint density at radius 2 is 1.94 bits per heavy atom. The first kappa shape index (κ1) is 34.6. The van der Waals surface area contributed by atoms with Crippen LogP contribution in [0, 0.1) is 11.8 Å². The fourth-order valence-corrected chi connectivity index (χ4v) is 8.89. The lowest BCUT2D eigenvalue weighted by Crippen LogP contribution is -2.51. The number of halogens is 1. The number of sulfonamides is 1. The topological polar surface area (TPSA) is 114 Å². The molecule has 4 aliphatic rings. The van der Waals surface area contributed by atoms with Gasteiger partial charge in [0.15, 0.2) is 0 Å². The Labute approximate surface area is 288 Å². The summed E-state index contributed by atoms with van der Waals surface area (Å²) in [6.07, 6.45) is 7.66. The predicted molar refractivity (Wildman–Crippen MR) is 184 cm³/mol. The Morgan fingerprint density at radius 3 is 2.65 bits per heavy atom. The van der Waals surface area contributed by atoms with E-state index in [1.54, 1.807) is 46.1 Å². The van der Waals surface area contributed by atoms with Crippen LogP contribution in [0.4, 0.5) is 10.5 Å². The lowest BCUT2D eigenvalue weighted by atomic mass is 9.68. The predicted octanol–water partition coefficient (Wildman–Crippen LogP) is 5.85. The maximum Gasteiger partial charge on any atom is 0.411 e. The van der Waals surface area contributed by atoms with Crippen molar-refractivity contribution in [2.75, 3.05) is 38.3 Å². The van der Waals surface area contributed by atoms with Crippen LogP contribution in [0.2, 0.25) is 5.02 Å². The Balaban J connectivity index is 1.41. The number of anilines is 1. The van der Waals surface area contributed by atoms with Crippen LogP contribution in [0.15, 0.2) is 53.4 Å². The lowest BCUT2D eigenvalue weighted by Gasteiger charge is -2.46. The van der Waals surface area contributed by atoms with E-state index in [1.165, 1.54) is 29.0 Å². The molecule has 12 heteroatoms. The fraction of sp³-hybridized carbons (Fsp3) is 0.556. The van der Waals surface area contributed by atoms with E-state index in [-0.39, 0.29) is 34.8 Å². The Bertz CT molecular complexity index is 1710. The molecular weight excluding hydrogens is 654 g/mol. The van der Waals surface area contributed by atoms with Crippen LogP contribution in [0.25, 0.3) is 0 Å². The molecule has 2 heterocycles. The summed E-state index contributed by atoms with van der Waals surface area (Å²) < 4.78 is 47.9. The van der Waals surface area contributed by atoms with Gasteiger partial charge in [-0.25, -0.2) is 17.9 Å². The van der Waals surface area contributed by atoms with Crippen molar-refractivity contribution >= 4 is 39.3 Å². The van der Waals surface area contributed by atoms with E-state index in [0.29, 0.717) is 36.2 Å². The third kappa shape index (κ3) is 6.91. The van der Waals surface area contributed by atoms with Gasteiger partial charge in [-0.3, -0.25) is 9.69 Å². The number of ether oxygens (including phenoxy) is 3. The summed E-state index contributed by atoms with van der Waals surface area (Å²) in [5, 5.41) is 0.713. The second-order valence-corrected chi connectivity index (χ2v) is 16.8. The van der Waals surface area contributed by atoms with E-state index < -0.39 is 33.7 Å². The Morgan fingerprint density at radius 1 is 1.15 bits per heavy atom. The highest BCUT2D eigenvalue weighted by Gasteiger charge is 2.45. The number of nitrogens with one attached hydrogen (secondary N) is 1. The average Bonchev–Trinajstić information content (AvgIpc) is 3.15. The van der Waals surface area contributed by atoms with Gasteiger partial charge in [0, 0.05) is 37.2 Å². The van der Waals surface area contributed by atoms with Gasteiger partial charge in [-0.05, 0) is 113 Å². The highest BCUT2D eigenvalue weighted by Crippen LogP contribution is 2.47. The summed E-state index contributed by atoms with van der Waals surface area (Å²) in [5.74, 6) is 0.235. The SMILES string of the molecule is CO[C@@H]1/C=C\CN(C(=O)OC(C)(C)C)[C@H](C)C(=O)NS(=O)(=O)c2ccc3c(c2)N(C[C@@H]2CC[C@H]21)C[C@@]1(CCCc2cc(Cl)ccc21)CO3. The fourth-order valence-electron chi connectivity index (χ4n) is 7.63. The molecule has 5 atom stereocenters. The molecule has 2 aromatic rings. The summed E-state index contributed by atoms with van der Waals surface area (Å²) in [5.41, 5.74) is 2.00. The molecule has 10 nitrogen and oxygen atoms in total. The standard InChI is InChI=1S/C36H46ClN3O7S/c1-23-33(41)38-48(43,44)27-12-15-32-30(19-27)39(21-36(22-46-32)16-6-8-24-18-26(37)11-14-29(24)36)20-25-10-13-28(25)31(45-5)9-7-17-40(23)34(42)47-35(2,3)4/h7,9,11-12,14-15,18-19,23,25,28,31H,6,8,10,13,16-17,20-22H2,1-5H3,(H,38,41)/b9-7-/t23-,25+,28-,31-,36+/m1/s1. The summed E-state index contributed by atoms with van der Waals surface area (Å²) >= 11 is 6.42. The molecule has 2 aliphatic carbocycles. The molecule has 1 N–H and O–H groups in total. The number of hydrogen-bond acceptors (Lipinski definition) is 8. The van der Waals surface area contributed by atoms with Gasteiger partial charge in [0.1, 0.15) is 17.4 Å².